The smallest absolute Gasteiger partial charge is 0.0345 e. The Bertz CT molecular complexity index is 416. The Morgan fingerprint density at radius 2 is 1.65 bits per heavy atom. The molecule has 0 bridgehead atoms. The highest BCUT2D eigenvalue weighted by atomic mass is 15.2. The molecule has 0 aromatic heterocycles. The van der Waals surface area contributed by atoms with Gasteiger partial charge in [-0.2, -0.15) is 0 Å². The van der Waals surface area contributed by atoms with Crippen LogP contribution in [-0.4, -0.2) is 18.0 Å². The third-order valence-electron chi connectivity index (χ3n) is 5.05. The summed E-state index contributed by atoms with van der Waals surface area (Å²) in [5.74, 6) is 0.741. The minimum absolute atomic E-state index is 0.263. The number of hydrogen-bond donors (Lipinski definition) is 1. The van der Waals surface area contributed by atoms with E-state index >= 15 is 0 Å². The molecule has 1 aliphatic heterocycles. The summed E-state index contributed by atoms with van der Waals surface area (Å²) in [4.78, 5) is 2.67. The van der Waals surface area contributed by atoms with Crippen molar-refractivity contribution in [2.24, 2.45) is 11.7 Å². The highest BCUT2D eigenvalue weighted by Gasteiger charge is 2.29. The second-order valence-corrected chi connectivity index (χ2v) is 6.55. The highest BCUT2D eigenvalue weighted by Crippen LogP contribution is 2.39. The summed E-state index contributed by atoms with van der Waals surface area (Å²) in [5.41, 5.74) is 9.09. The predicted molar refractivity (Wildman–Crippen MR) is 84.6 cm³/mol. The largest absolute Gasteiger partial charge is 0.324 e. The van der Waals surface area contributed by atoms with Crippen LogP contribution in [0.25, 0.3) is 0 Å². The van der Waals surface area contributed by atoms with E-state index in [9.17, 15) is 0 Å². The molecule has 1 saturated heterocycles. The molecule has 2 fully saturated rings. The Kier molecular flexibility index (Phi) is 4.42. The monoisotopic (exact) mass is 272 g/mol. The zero-order chi connectivity index (χ0) is 13.9. The molecule has 1 aromatic carbocycles. The van der Waals surface area contributed by atoms with E-state index in [4.69, 9.17) is 5.73 Å². The van der Waals surface area contributed by atoms with Crippen molar-refractivity contribution in [1.29, 1.82) is 0 Å². The van der Waals surface area contributed by atoms with Gasteiger partial charge in [0.05, 0.1) is 0 Å². The van der Waals surface area contributed by atoms with Gasteiger partial charge in [-0.3, -0.25) is 4.90 Å². The first-order chi connectivity index (χ1) is 9.79. The lowest BCUT2D eigenvalue weighted by Gasteiger charge is -2.34. The molecule has 2 atom stereocenters. The summed E-state index contributed by atoms with van der Waals surface area (Å²) in [5, 5.41) is 0. The van der Waals surface area contributed by atoms with Crippen LogP contribution in [0.4, 0.5) is 0 Å². The van der Waals surface area contributed by atoms with Gasteiger partial charge in [-0.25, -0.2) is 0 Å². The van der Waals surface area contributed by atoms with Crippen LogP contribution in [-0.2, 0) is 0 Å². The van der Waals surface area contributed by atoms with Crippen molar-refractivity contribution in [2.75, 3.05) is 13.1 Å². The van der Waals surface area contributed by atoms with Crippen LogP contribution in [0.2, 0.25) is 0 Å². The van der Waals surface area contributed by atoms with E-state index in [0.717, 1.165) is 5.92 Å². The average Bonchev–Trinajstić information content (AvgIpc) is 3.34. The van der Waals surface area contributed by atoms with Crippen molar-refractivity contribution in [3.8, 4) is 0 Å². The van der Waals surface area contributed by atoms with Gasteiger partial charge in [0.15, 0.2) is 0 Å². The van der Waals surface area contributed by atoms with E-state index in [1.54, 1.807) is 0 Å². The normalized spacial score (nSPS) is 23.5. The SMILES string of the molecule is CC[C@@H](c1ccc([C@@H](N)C2CC2)cc1)N1CCCCC1. The minimum atomic E-state index is 0.263. The molecule has 0 unspecified atom stereocenters. The third kappa shape index (κ3) is 3.07. The van der Waals surface area contributed by atoms with Crippen molar-refractivity contribution in [2.45, 2.75) is 57.5 Å². The lowest BCUT2D eigenvalue weighted by atomic mass is 9.96. The van der Waals surface area contributed by atoms with Crippen molar-refractivity contribution in [1.82, 2.24) is 4.90 Å². The summed E-state index contributed by atoms with van der Waals surface area (Å²) in [6, 6.07) is 10.0. The lowest BCUT2D eigenvalue weighted by molar-refractivity contribution is 0.159. The maximum Gasteiger partial charge on any atom is 0.0345 e. The maximum absolute atomic E-state index is 6.29. The number of piperidine rings is 1. The lowest BCUT2D eigenvalue weighted by Crippen LogP contribution is -2.33. The molecule has 3 rings (SSSR count). The number of nitrogens with zero attached hydrogens (tertiary/aromatic N) is 1. The van der Waals surface area contributed by atoms with Gasteiger partial charge in [0.2, 0.25) is 0 Å². The van der Waals surface area contributed by atoms with Gasteiger partial charge in [-0.1, -0.05) is 37.6 Å². The standard InChI is InChI=1S/C18H28N2/c1-2-17(20-12-4-3-5-13-20)14-6-8-15(9-7-14)18(19)16-10-11-16/h6-9,16-18H,2-5,10-13,19H2,1H3/t17-,18+/m0/s1. The van der Waals surface area contributed by atoms with Gasteiger partial charge in [0, 0.05) is 12.1 Å². The van der Waals surface area contributed by atoms with Crippen LogP contribution in [0.5, 0.6) is 0 Å². The fourth-order valence-corrected chi connectivity index (χ4v) is 3.60. The molecular weight excluding hydrogens is 244 g/mol. The molecule has 0 spiro atoms. The van der Waals surface area contributed by atoms with Gasteiger partial charge < -0.3 is 5.73 Å². The molecule has 110 valence electrons. The predicted octanol–water partition coefficient (Wildman–Crippen LogP) is 4.03. The van der Waals surface area contributed by atoms with E-state index in [1.807, 2.05) is 0 Å². The second-order valence-electron chi connectivity index (χ2n) is 6.55. The van der Waals surface area contributed by atoms with Crippen LogP contribution < -0.4 is 5.73 Å². The Hall–Kier alpha value is -0.860. The van der Waals surface area contributed by atoms with Gasteiger partial charge >= 0.3 is 0 Å². The molecule has 0 amide bonds. The van der Waals surface area contributed by atoms with Crippen molar-refractivity contribution >= 4 is 0 Å². The van der Waals surface area contributed by atoms with E-state index in [1.165, 1.54) is 62.7 Å². The molecular formula is C18H28N2. The second kappa shape index (κ2) is 6.28. The van der Waals surface area contributed by atoms with Crippen molar-refractivity contribution < 1.29 is 0 Å². The summed E-state index contributed by atoms with van der Waals surface area (Å²) in [7, 11) is 0. The number of rotatable bonds is 5. The zero-order valence-corrected chi connectivity index (χ0v) is 12.7. The zero-order valence-electron chi connectivity index (χ0n) is 12.7. The number of nitrogens with two attached hydrogens (primary N) is 1. The molecule has 1 heterocycles. The Morgan fingerprint density at radius 3 is 2.20 bits per heavy atom. The summed E-state index contributed by atoms with van der Waals surface area (Å²) in [6.07, 6.45) is 7.96. The minimum Gasteiger partial charge on any atom is -0.324 e. The van der Waals surface area contributed by atoms with E-state index in [2.05, 4.69) is 36.1 Å². The molecule has 20 heavy (non-hydrogen) atoms. The van der Waals surface area contributed by atoms with Crippen LogP contribution in [0, 0.1) is 5.92 Å². The number of likely N-dealkylation sites (tertiary alicyclic amines) is 1. The first-order valence-electron chi connectivity index (χ1n) is 8.39. The van der Waals surface area contributed by atoms with Gasteiger partial charge in [0.1, 0.15) is 0 Å². The van der Waals surface area contributed by atoms with Crippen molar-refractivity contribution in [3.63, 3.8) is 0 Å². The Morgan fingerprint density at radius 1 is 1.05 bits per heavy atom. The molecule has 1 aliphatic carbocycles. The van der Waals surface area contributed by atoms with Crippen molar-refractivity contribution in [3.05, 3.63) is 35.4 Å². The van der Waals surface area contributed by atoms with Crippen LogP contribution in [0.15, 0.2) is 24.3 Å². The van der Waals surface area contributed by atoms with E-state index in [0.29, 0.717) is 6.04 Å². The maximum atomic E-state index is 6.29. The average molecular weight is 272 g/mol. The fraction of sp³-hybridized carbons (Fsp3) is 0.667. The van der Waals surface area contributed by atoms with Crippen LogP contribution in [0.1, 0.15) is 68.7 Å². The molecule has 2 aliphatic rings. The fourth-order valence-electron chi connectivity index (χ4n) is 3.60. The molecule has 0 radical (unpaired) electrons. The molecule has 1 saturated carbocycles. The van der Waals surface area contributed by atoms with E-state index in [-0.39, 0.29) is 6.04 Å². The first-order valence-corrected chi connectivity index (χ1v) is 8.39. The summed E-state index contributed by atoms with van der Waals surface area (Å²) < 4.78 is 0. The Labute approximate surface area is 123 Å². The first kappa shape index (κ1) is 14.1. The van der Waals surface area contributed by atoms with Gasteiger partial charge in [-0.15, -0.1) is 0 Å². The molecule has 2 N–H and O–H groups in total. The van der Waals surface area contributed by atoms with Gasteiger partial charge in [0.25, 0.3) is 0 Å². The topological polar surface area (TPSA) is 29.3 Å². The van der Waals surface area contributed by atoms with Crippen LogP contribution >= 0.6 is 0 Å². The highest BCUT2D eigenvalue weighted by molar-refractivity contribution is 5.28. The van der Waals surface area contributed by atoms with E-state index < -0.39 is 0 Å². The molecule has 2 heteroatoms. The molecule has 2 nitrogen and oxygen atoms in total. The quantitative estimate of drug-likeness (QED) is 0.876. The number of benzene rings is 1. The Balaban J connectivity index is 1.70. The third-order valence-corrected chi connectivity index (χ3v) is 5.05. The summed E-state index contributed by atoms with van der Waals surface area (Å²) in [6.45, 7) is 4.84. The number of hydrogen-bond acceptors (Lipinski definition) is 2. The van der Waals surface area contributed by atoms with Gasteiger partial charge in [-0.05, 0) is 62.2 Å². The summed E-state index contributed by atoms with van der Waals surface area (Å²) >= 11 is 0. The van der Waals surface area contributed by atoms with Crippen LogP contribution in [0.3, 0.4) is 0 Å². The molecule has 1 aromatic rings.